The van der Waals surface area contributed by atoms with Gasteiger partial charge >= 0.3 is 6.09 Å². The number of rotatable bonds is 0. The van der Waals surface area contributed by atoms with E-state index in [4.69, 9.17) is 11.2 Å². The van der Waals surface area contributed by atoms with Crippen molar-refractivity contribution in [3.8, 4) is 12.3 Å². The highest BCUT2D eigenvalue weighted by Crippen LogP contribution is 2.48. The predicted molar refractivity (Wildman–Crippen MR) is 57.2 cm³/mol. The summed E-state index contributed by atoms with van der Waals surface area (Å²) in [5, 5.41) is 0. The van der Waals surface area contributed by atoms with Gasteiger partial charge in [0.2, 0.25) is 0 Å². The number of piperidine rings is 1. The molecular formula is C12H17NO2. The Morgan fingerprint density at radius 2 is 2.13 bits per heavy atom. The first-order valence-electron chi connectivity index (χ1n) is 5.40. The van der Waals surface area contributed by atoms with Gasteiger partial charge in [0.25, 0.3) is 0 Å². The van der Waals surface area contributed by atoms with Gasteiger partial charge in [0.15, 0.2) is 0 Å². The van der Waals surface area contributed by atoms with Crippen LogP contribution in [-0.4, -0.2) is 28.7 Å². The lowest BCUT2D eigenvalue weighted by atomic mass is 10.2. The number of hydrogen-bond acceptors (Lipinski definition) is 2. The van der Waals surface area contributed by atoms with Crippen LogP contribution < -0.4 is 0 Å². The van der Waals surface area contributed by atoms with Gasteiger partial charge in [0.05, 0.1) is 6.04 Å². The second kappa shape index (κ2) is 3.16. The molecule has 0 bridgehead atoms. The molecule has 0 aromatic heterocycles. The zero-order valence-electron chi connectivity index (χ0n) is 9.49. The van der Waals surface area contributed by atoms with E-state index in [0.29, 0.717) is 12.0 Å². The van der Waals surface area contributed by atoms with E-state index < -0.39 is 5.60 Å². The number of hydrogen-bond donors (Lipinski definition) is 0. The van der Waals surface area contributed by atoms with Gasteiger partial charge in [0.1, 0.15) is 5.60 Å². The van der Waals surface area contributed by atoms with E-state index in [-0.39, 0.29) is 12.1 Å². The molecule has 2 aliphatic rings. The zero-order chi connectivity index (χ0) is 11.2. The van der Waals surface area contributed by atoms with E-state index >= 15 is 0 Å². The number of fused-ring (bicyclic) bond motifs is 1. The first-order valence-corrected chi connectivity index (χ1v) is 5.40. The fourth-order valence-corrected chi connectivity index (χ4v) is 2.18. The predicted octanol–water partition coefficient (Wildman–Crippen LogP) is 2.02. The van der Waals surface area contributed by atoms with Gasteiger partial charge in [-0.3, -0.25) is 4.90 Å². The fourth-order valence-electron chi connectivity index (χ4n) is 2.18. The van der Waals surface area contributed by atoms with Crippen molar-refractivity contribution in [2.45, 2.75) is 51.3 Å². The molecule has 1 aliphatic heterocycles. The maximum Gasteiger partial charge on any atom is 0.411 e. The molecule has 0 N–H and O–H groups in total. The van der Waals surface area contributed by atoms with E-state index in [9.17, 15) is 4.79 Å². The molecule has 1 heterocycles. The first-order chi connectivity index (χ1) is 6.92. The molecule has 0 radical (unpaired) electrons. The number of likely N-dealkylation sites (tertiary alicyclic amines) is 1. The molecule has 3 nitrogen and oxygen atoms in total. The second-order valence-electron chi connectivity index (χ2n) is 5.37. The molecule has 1 unspecified atom stereocenters. The molecule has 0 aromatic carbocycles. The lowest BCUT2D eigenvalue weighted by molar-refractivity contribution is 0.0225. The largest absolute Gasteiger partial charge is 0.444 e. The van der Waals surface area contributed by atoms with Gasteiger partial charge in [0, 0.05) is 6.04 Å². The summed E-state index contributed by atoms with van der Waals surface area (Å²) in [6, 6.07) is 0.296. The number of terminal acetylenes is 1. The third-order valence-corrected chi connectivity index (χ3v) is 2.90. The standard InChI is InChI=1S/C12H17NO2/c1-5-9-6-8-7-10(8)13(9)11(14)15-12(2,3)4/h1,8-10H,6-7H2,2-4H3/t8-,9+,10?/m1/s1. The Kier molecular flexibility index (Phi) is 2.18. The lowest BCUT2D eigenvalue weighted by Gasteiger charge is -2.28. The Bertz CT molecular complexity index is 323. The van der Waals surface area contributed by atoms with Crippen molar-refractivity contribution in [2.24, 2.45) is 5.92 Å². The average molecular weight is 207 g/mol. The summed E-state index contributed by atoms with van der Waals surface area (Å²) in [5.74, 6) is 3.29. The molecule has 3 atom stereocenters. The van der Waals surface area contributed by atoms with Crippen LogP contribution in [0, 0.1) is 18.3 Å². The van der Waals surface area contributed by atoms with Crippen molar-refractivity contribution in [2.75, 3.05) is 0 Å². The summed E-state index contributed by atoms with van der Waals surface area (Å²) in [6.07, 6.45) is 7.19. The van der Waals surface area contributed by atoms with Crippen molar-refractivity contribution in [1.29, 1.82) is 0 Å². The van der Waals surface area contributed by atoms with E-state index in [1.54, 1.807) is 4.90 Å². The van der Waals surface area contributed by atoms with Gasteiger partial charge < -0.3 is 4.74 Å². The molecular weight excluding hydrogens is 190 g/mol. The smallest absolute Gasteiger partial charge is 0.411 e. The molecule has 0 spiro atoms. The number of carbonyl (C=O) groups excluding carboxylic acids is 1. The highest BCUT2D eigenvalue weighted by molar-refractivity contribution is 5.71. The maximum absolute atomic E-state index is 11.9. The molecule has 0 aromatic rings. The van der Waals surface area contributed by atoms with Gasteiger partial charge in [-0.25, -0.2) is 4.79 Å². The number of amides is 1. The van der Waals surface area contributed by atoms with Gasteiger partial charge in [-0.1, -0.05) is 5.92 Å². The van der Waals surface area contributed by atoms with E-state index in [2.05, 4.69) is 5.92 Å². The van der Waals surface area contributed by atoms with Gasteiger partial charge in [-0.15, -0.1) is 6.42 Å². The SMILES string of the molecule is C#C[C@H]1C[C@@H]2CC2N1C(=O)OC(C)(C)C. The second-order valence-corrected chi connectivity index (χ2v) is 5.37. The maximum atomic E-state index is 11.9. The summed E-state index contributed by atoms with van der Waals surface area (Å²) in [7, 11) is 0. The van der Waals surface area contributed by atoms with Crippen molar-refractivity contribution in [3.05, 3.63) is 0 Å². The number of carbonyl (C=O) groups is 1. The van der Waals surface area contributed by atoms with E-state index in [0.717, 1.165) is 12.8 Å². The number of ether oxygens (including phenoxy) is 1. The van der Waals surface area contributed by atoms with Crippen LogP contribution in [-0.2, 0) is 4.74 Å². The molecule has 1 aliphatic carbocycles. The molecule has 1 saturated carbocycles. The third kappa shape index (κ3) is 1.94. The summed E-state index contributed by atoms with van der Waals surface area (Å²) >= 11 is 0. The zero-order valence-corrected chi connectivity index (χ0v) is 9.49. The Balaban J connectivity index is 2.04. The normalized spacial score (nSPS) is 33.2. The minimum atomic E-state index is -0.441. The minimum Gasteiger partial charge on any atom is -0.444 e. The van der Waals surface area contributed by atoms with Crippen LogP contribution in [0.2, 0.25) is 0 Å². The minimum absolute atomic E-state index is 0.0522. The monoisotopic (exact) mass is 207 g/mol. The van der Waals surface area contributed by atoms with Crippen molar-refractivity contribution in [1.82, 2.24) is 4.90 Å². The first kappa shape index (κ1) is 10.4. The van der Waals surface area contributed by atoms with Crippen LogP contribution in [0.3, 0.4) is 0 Å². The Hall–Kier alpha value is -1.17. The summed E-state index contributed by atoms with van der Waals surface area (Å²) < 4.78 is 5.34. The topological polar surface area (TPSA) is 29.5 Å². The Labute approximate surface area is 90.8 Å². The summed E-state index contributed by atoms with van der Waals surface area (Å²) in [4.78, 5) is 13.6. The van der Waals surface area contributed by atoms with Crippen LogP contribution in [0.4, 0.5) is 4.79 Å². The van der Waals surface area contributed by atoms with Gasteiger partial charge in [-0.2, -0.15) is 0 Å². The van der Waals surface area contributed by atoms with Crippen LogP contribution in [0.5, 0.6) is 0 Å². The number of nitrogens with zero attached hydrogens (tertiary/aromatic N) is 1. The average Bonchev–Trinajstić information content (AvgIpc) is 2.73. The Morgan fingerprint density at radius 3 is 2.67 bits per heavy atom. The van der Waals surface area contributed by atoms with Crippen molar-refractivity contribution in [3.63, 3.8) is 0 Å². The van der Waals surface area contributed by atoms with Crippen LogP contribution >= 0.6 is 0 Å². The summed E-state index contributed by atoms with van der Waals surface area (Å²) in [6.45, 7) is 5.61. The fraction of sp³-hybridized carbons (Fsp3) is 0.750. The van der Waals surface area contributed by atoms with Crippen molar-refractivity contribution < 1.29 is 9.53 Å². The molecule has 82 valence electrons. The molecule has 2 fully saturated rings. The quantitative estimate of drug-likeness (QED) is 0.569. The molecule has 15 heavy (non-hydrogen) atoms. The summed E-state index contributed by atoms with van der Waals surface area (Å²) in [5.41, 5.74) is -0.441. The molecule has 1 saturated heterocycles. The van der Waals surface area contributed by atoms with Gasteiger partial charge in [-0.05, 0) is 39.5 Å². The Morgan fingerprint density at radius 1 is 1.47 bits per heavy atom. The van der Waals surface area contributed by atoms with Crippen LogP contribution in [0.25, 0.3) is 0 Å². The van der Waals surface area contributed by atoms with Crippen molar-refractivity contribution >= 4 is 6.09 Å². The van der Waals surface area contributed by atoms with E-state index in [1.807, 2.05) is 20.8 Å². The van der Waals surface area contributed by atoms with E-state index in [1.165, 1.54) is 0 Å². The highest BCUT2D eigenvalue weighted by Gasteiger charge is 2.54. The molecule has 3 heteroatoms. The van der Waals surface area contributed by atoms with Crippen LogP contribution in [0.1, 0.15) is 33.6 Å². The van der Waals surface area contributed by atoms with Crippen LogP contribution in [0.15, 0.2) is 0 Å². The molecule has 2 rings (SSSR count). The molecule has 1 amide bonds. The lowest BCUT2D eigenvalue weighted by Crippen LogP contribution is -2.41. The third-order valence-electron chi connectivity index (χ3n) is 2.90. The highest BCUT2D eigenvalue weighted by atomic mass is 16.6.